The zero-order valence-corrected chi connectivity index (χ0v) is 12.8. The summed E-state index contributed by atoms with van der Waals surface area (Å²) in [7, 11) is 0. The normalized spacial score (nSPS) is 18.2. The van der Waals surface area contributed by atoms with Crippen LogP contribution in [0, 0.1) is 0 Å². The third-order valence-electron chi connectivity index (χ3n) is 3.59. The predicted molar refractivity (Wildman–Crippen MR) is 87.4 cm³/mol. The first-order valence-electron chi connectivity index (χ1n) is 7.22. The van der Waals surface area contributed by atoms with Crippen LogP contribution in [-0.2, 0) is 11.2 Å². The molecule has 0 radical (unpaired) electrons. The van der Waals surface area contributed by atoms with Crippen molar-refractivity contribution in [2.45, 2.75) is 25.1 Å². The van der Waals surface area contributed by atoms with Crippen molar-refractivity contribution in [3.8, 4) is 0 Å². The van der Waals surface area contributed by atoms with E-state index in [0.717, 1.165) is 24.1 Å². The second-order valence-electron chi connectivity index (χ2n) is 5.13. The van der Waals surface area contributed by atoms with E-state index in [0.29, 0.717) is 5.75 Å². The van der Waals surface area contributed by atoms with Gasteiger partial charge >= 0.3 is 0 Å². The fourth-order valence-corrected chi connectivity index (χ4v) is 3.74. The Morgan fingerprint density at radius 3 is 2.76 bits per heavy atom. The van der Waals surface area contributed by atoms with Gasteiger partial charge in [-0.1, -0.05) is 31.5 Å². The van der Waals surface area contributed by atoms with Gasteiger partial charge in [0, 0.05) is 23.6 Å². The van der Waals surface area contributed by atoms with Gasteiger partial charge in [-0.05, 0) is 30.2 Å². The molecular formula is C17H18N2OS. The number of amides is 1. The van der Waals surface area contributed by atoms with Crippen LogP contribution in [0.1, 0.15) is 29.8 Å². The van der Waals surface area contributed by atoms with Crippen LogP contribution in [0.25, 0.3) is 0 Å². The van der Waals surface area contributed by atoms with E-state index in [2.05, 4.69) is 36.2 Å². The molecule has 0 bridgehead atoms. The third kappa shape index (κ3) is 2.95. The molecule has 0 unspecified atom stereocenters. The summed E-state index contributed by atoms with van der Waals surface area (Å²) in [6, 6.07) is 12.3. The van der Waals surface area contributed by atoms with E-state index < -0.39 is 0 Å². The van der Waals surface area contributed by atoms with Crippen LogP contribution in [0.4, 0.5) is 5.69 Å². The summed E-state index contributed by atoms with van der Waals surface area (Å²) < 4.78 is 0. The first kappa shape index (κ1) is 14.1. The van der Waals surface area contributed by atoms with Gasteiger partial charge in [0.05, 0.1) is 5.75 Å². The molecule has 0 N–H and O–H groups in total. The summed E-state index contributed by atoms with van der Waals surface area (Å²) in [5.41, 5.74) is 3.36. The van der Waals surface area contributed by atoms with Crippen LogP contribution >= 0.6 is 11.8 Å². The Morgan fingerprint density at radius 1 is 1.29 bits per heavy atom. The molecule has 1 fully saturated rings. The van der Waals surface area contributed by atoms with E-state index >= 15 is 0 Å². The van der Waals surface area contributed by atoms with Crippen LogP contribution in [-0.4, -0.2) is 16.6 Å². The molecule has 1 aromatic heterocycles. The lowest BCUT2D eigenvalue weighted by Crippen LogP contribution is -2.27. The number of carbonyl (C=O) groups excluding carboxylic acids is 1. The average Bonchev–Trinajstić information content (AvgIpc) is 2.91. The van der Waals surface area contributed by atoms with E-state index in [1.165, 1.54) is 5.56 Å². The molecule has 1 saturated heterocycles. The maximum atomic E-state index is 12.3. The molecule has 3 nitrogen and oxygen atoms in total. The maximum Gasteiger partial charge on any atom is 0.238 e. The molecule has 1 aliphatic heterocycles. The second kappa shape index (κ2) is 6.31. The zero-order valence-electron chi connectivity index (χ0n) is 12.0. The predicted octanol–water partition coefficient (Wildman–Crippen LogP) is 3.81. The summed E-state index contributed by atoms with van der Waals surface area (Å²) in [4.78, 5) is 18.3. The number of hydrogen-bond donors (Lipinski definition) is 0. The number of thioether (sulfide) groups is 1. The molecule has 1 aliphatic rings. The summed E-state index contributed by atoms with van der Waals surface area (Å²) in [5, 5.41) is 0.0308. The van der Waals surface area contributed by atoms with Gasteiger partial charge in [0.1, 0.15) is 5.37 Å². The Labute approximate surface area is 129 Å². The number of aryl methyl sites for hydroxylation is 1. The van der Waals surface area contributed by atoms with E-state index in [-0.39, 0.29) is 11.3 Å². The van der Waals surface area contributed by atoms with E-state index in [9.17, 15) is 4.79 Å². The average molecular weight is 298 g/mol. The van der Waals surface area contributed by atoms with Crippen molar-refractivity contribution in [3.05, 3.63) is 59.9 Å². The van der Waals surface area contributed by atoms with Gasteiger partial charge in [0.15, 0.2) is 0 Å². The Bertz CT molecular complexity index is 612. The zero-order chi connectivity index (χ0) is 14.7. The number of hydrogen-bond acceptors (Lipinski definition) is 3. The molecule has 108 valence electrons. The standard InChI is InChI=1S/C17H18N2OS/c1-2-4-13-6-8-15(9-7-13)19-16(20)12-21-17(19)14-5-3-10-18-11-14/h3,5-11,17H,2,4,12H2,1H3/t17-/m0/s1. The highest BCUT2D eigenvalue weighted by Gasteiger charge is 2.33. The molecular weight excluding hydrogens is 280 g/mol. The van der Waals surface area contributed by atoms with Crippen molar-refractivity contribution in [2.24, 2.45) is 0 Å². The topological polar surface area (TPSA) is 33.2 Å². The quantitative estimate of drug-likeness (QED) is 0.860. The minimum absolute atomic E-state index is 0.0308. The van der Waals surface area contributed by atoms with Crippen molar-refractivity contribution in [1.82, 2.24) is 4.98 Å². The van der Waals surface area contributed by atoms with Gasteiger partial charge in [-0.25, -0.2) is 0 Å². The number of carbonyl (C=O) groups is 1. The molecule has 3 rings (SSSR count). The Morgan fingerprint density at radius 2 is 2.10 bits per heavy atom. The highest BCUT2D eigenvalue weighted by Crippen LogP contribution is 2.41. The fourth-order valence-electron chi connectivity index (χ4n) is 2.58. The molecule has 0 aliphatic carbocycles. The van der Waals surface area contributed by atoms with Crippen molar-refractivity contribution in [1.29, 1.82) is 0 Å². The van der Waals surface area contributed by atoms with Gasteiger partial charge in [0.25, 0.3) is 0 Å². The van der Waals surface area contributed by atoms with Gasteiger partial charge in [-0.3, -0.25) is 14.7 Å². The van der Waals surface area contributed by atoms with E-state index in [1.54, 1.807) is 18.0 Å². The van der Waals surface area contributed by atoms with Crippen LogP contribution < -0.4 is 4.90 Å². The monoisotopic (exact) mass is 298 g/mol. The fraction of sp³-hybridized carbons (Fsp3) is 0.294. The Hall–Kier alpha value is -1.81. The molecule has 1 amide bonds. The molecule has 1 atom stereocenters. The van der Waals surface area contributed by atoms with Crippen molar-refractivity contribution in [2.75, 3.05) is 10.7 Å². The summed E-state index contributed by atoms with van der Waals surface area (Å²) in [6.07, 6.45) is 5.81. The third-order valence-corrected chi connectivity index (χ3v) is 4.80. The Balaban J connectivity index is 1.89. The summed E-state index contributed by atoms with van der Waals surface area (Å²) in [5.74, 6) is 0.688. The van der Waals surface area contributed by atoms with Crippen LogP contribution in [0.15, 0.2) is 48.8 Å². The van der Waals surface area contributed by atoms with E-state index in [1.807, 2.05) is 23.2 Å². The molecule has 4 heteroatoms. The molecule has 0 saturated carbocycles. The van der Waals surface area contributed by atoms with Crippen molar-refractivity contribution >= 4 is 23.4 Å². The number of rotatable bonds is 4. The largest absolute Gasteiger partial charge is 0.295 e. The van der Waals surface area contributed by atoms with Crippen molar-refractivity contribution < 1.29 is 4.79 Å². The number of pyridine rings is 1. The molecule has 0 spiro atoms. The molecule has 21 heavy (non-hydrogen) atoms. The molecule has 2 heterocycles. The molecule has 1 aromatic carbocycles. The lowest BCUT2D eigenvalue weighted by molar-refractivity contribution is -0.115. The smallest absolute Gasteiger partial charge is 0.238 e. The van der Waals surface area contributed by atoms with Gasteiger partial charge in [0.2, 0.25) is 5.91 Å². The first-order valence-corrected chi connectivity index (χ1v) is 8.27. The minimum atomic E-state index is 0.0308. The highest BCUT2D eigenvalue weighted by molar-refractivity contribution is 8.00. The van der Waals surface area contributed by atoms with Crippen molar-refractivity contribution in [3.63, 3.8) is 0 Å². The van der Waals surface area contributed by atoms with E-state index in [4.69, 9.17) is 0 Å². The summed E-state index contributed by atoms with van der Waals surface area (Å²) >= 11 is 1.66. The number of aromatic nitrogens is 1. The van der Waals surface area contributed by atoms with Gasteiger partial charge < -0.3 is 0 Å². The SMILES string of the molecule is CCCc1ccc(N2C(=O)CS[C@H]2c2cccnc2)cc1. The number of benzene rings is 1. The van der Waals surface area contributed by atoms with Crippen LogP contribution in [0.3, 0.4) is 0 Å². The second-order valence-corrected chi connectivity index (χ2v) is 6.20. The van der Waals surface area contributed by atoms with Crippen LogP contribution in [0.5, 0.6) is 0 Å². The first-order chi connectivity index (χ1) is 10.3. The minimum Gasteiger partial charge on any atom is -0.295 e. The number of anilines is 1. The lowest BCUT2D eigenvalue weighted by atomic mass is 10.1. The highest BCUT2D eigenvalue weighted by atomic mass is 32.2. The molecule has 2 aromatic rings. The van der Waals surface area contributed by atoms with Crippen LogP contribution in [0.2, 0.25) is 0 Å². The van der Waals surface area contributed by atoms with Gasteiger partial charge in [-0.2, -0.15) is 0 Å². The van der Waals surface area contributed by atoms with Gasteiger partial charge in [-0.15, -0.1) is 11.8 Å². The maximum absolute atomic E-state index is 12.3. The lowest BCUT2D eigenvalue weighted by Gasteiger charge is -2.24. The Kier molecular flexibility index (Phi) is 4.25. The summed E-state index contributed by atoms with van der Waals surface area (Å²) in [6.45, 7) is 2.17. The number of nitrogens with zero attached hydrogens (tertiary/aromatic N) is 2.